The van der Waals surface area contributed by atoms with Crippen LogP contribution >= 0.6 is 0 Å². The molecule has 0 saturated carbocycles. The molecule has 9 heteroatoms. The van der Waals surface area contributed by atoms with Crippen molar-refractivity contribution in [3.63, 3.8) is 0 Å². The lowest BCUT2D eigenvalue weighted by molar-refractivity contribution is -0.153. The van der Waals surface area contributed by atoms with E-state index >= 15 is 0 Å². The topological polar surface area (TPSA) is 131 Å². The predicted molar refractivity (Wildman–Crippen MR) is 155 cm³/mol. The molecule has 40 heavy (non-hydrogen) atoms. The summed E-state index contributed by atoms with van der Waals surface area (Å²) in [4.78, 5) is 49.0. The Labute approximate surface area is 239 Å². The van der Waals surface area contributed by atoms with Crippen molar-refractivity contribution in [2.45, 2.75) is 122 Å². The second-order valence-electron chi connectivity index (χ2n) is 10.3. The molecule has 0 heterocycles. The number of carbonyl (C=O) groups is 4. The number of esters is 1. The summed E-state index contributed by atoms with van der Waals surface area (Å²) in [5, 5.41) is 14.3. The third kappa shape index (κ3) is 16.1. The third-order valence-corrected chi connectivity index (χ3v) is 6.93. The molecule has 0 aliphatic carbocycles. The number of amides is 2. The van der Waals surface area contributed by atoms with Gasteiger partial charge in [-0.25, -0.2) is 4.79 Å². The predicted octanol–water partition coefficient (Wildman–Crippen LogP) is 5.80. The van der Waals surface area contributed by atoms with E-state index in [4.69, 9.17) is 14.6 Å². The fourth-order valence-electron chi connectivity index (χ4n) is 4.48. The zero-order valence-electron chi connectivity index (χ0n) is 24.7. The Bertz CT molecular complexity index is 873. The molecule has 0 radical (unpaired) electrons. The first kappa shape index (κ1) is 34.9. The van der Waals surface area contributed by atoms with Gasteiger partial charge < -0.3 is 25.2 Å². The summed E-state index contributed by atoms with van der Waals surface area (Å²) in [5.41, 5.74) is 0.333. The molecule has 0 spiro atoms. The Morgan fingerprint density at radius 3 is 1.93 bits per heavy atom. The van der Waals surface area contributed by atoms with Gasteiger partial charge >= 0.3 is 11.9 Å². The van der Waals surface area contributed by atoms with Gasteiger partial charge in [0.25, 0.3) is 5.91 Å². The standard InChI is InChI=1S/C31H50N2O7/c1-4-5-6-7-8-9-10-11-12-13-14-16-26(23-28(34)32-2)40-31(38)27(17-15-18-29(35)36)33-30(37)24-19-21-25(39-3)22-20-24/h19-22,26-27H,4-18,23H2,1-3H3,(H,32,34)(H,33,37)(H,35,36)/t26-,27-/m0/s1. The molecule has 0 aliphatic heterocycles. The molecular formula is C31H50N2O7. The number of carboxylic acids is 1. The molecule has 1 rings (SSSR count). The van der Waals surface area contributed by atoms with Gasteiger partial charge in [0.15, 0.2) is 0 Å². The number of rotatable bonds is 23. The van der Waals surface area contributed by atoms with E-state index < -0.39 is 30.0 Å². The minimum Gasteiger partial charge on any atom is -0.497 e. The molecule has 0 fully saturated rings. The van der Waals surface area contributed by atoms with Gasteiger partial charge in [-0.2, -0.15) is 0 Å². The zero-order valence-corrected chi connectivity index (χ0v) is 24.7. The summed E-state index contributed by atoms with van der Waals surface area (Å²) in [5.74, 6) is -1.76. The Hall–Kier alpha value is -3.10. The Morgan fingerprint density at radius 2 is 1.40 bits per heavy atom. The molecule has 2 amide bonds. The maximum atomic E-state index is 13.1. The SMILES string of the molecule is CCCCCCCCCCCCC[C@@H](CC(=O)NC)OC(=O)[C@H](CCCC(=O)O)NC(=O)c1ccc(OC)cc1. The summed E-state index contributed by atoms with van der Waals surface area (Å²) in [7, 11) is 3.06. The van der Waals surface area contributed by atoms with Crippen LogP contribution in [0.25, 0.3) is 0 Å². The number of carboxylic acid groups (broad SMARTS) is 1. The maximum absolute atomic E-state index is 13.1. The molecule has 3 N–H and O–H groups in total. The number of methoxy groups -OCH3 is 1. The Kier molecular flexibility index (Phi) is 18.9. The van der Waals surface area contributed by atoms with Crippen molar-refractivity contribution in [2.24, 2.45) is 0 Å². The highest BCUT2D eigenvalue weighted by Gasteiger charge is 2.27. The van der Waals surface area contributed by atoms with Crippen LogP contribution in [0.3, 0.4) is 0 Å². The number of hydrogen-bond acceptors (Lipinski definition) is 6. The monoisotopic (exact) mass is 562 g/mol. The van der Waals surface area contributed by atoms with Crippen molar-refractivity contribution < 1.29 is 33.8 Å². The smallest absolute Gasteiger partial charge is 0.328 e. The largest absolute Gasteiger partial charge is 0.497 e. The quantitative estimate of drug-likeness (QED) is 0.113. The van der Waals surface area contributed by atoms with Crippen molar-refractivity contribution in [3.05, 3.63) is 29.8 Å². The molecular weight excluding hydrogens is 512 g/mol. The highest BCUT2D eigenvalue weighted by Crippen LogP contribution is 2.17. The summed E-state index contributed by atoms with van der Waals surface area (Å²) in [6, 6.07) is 5.40. The van der Waals surface area contributed by atoms with Crippen LogP contribution in [0.15, 0.2) is 24.3 Å². The van der Waals surface area contributed by atoms with Crippen molar-refractivity contribution in [2.75, 3.05) is 14.2 Å². The van der Waals surface area contributed by atoms with Crippen LogP contribution in [0.1, 0.15) is 120 Å². The Morgan fingerprint density at radius 1 is 0.825 bits per heavy atom. The van der Waals surface area contributed by atoms with E-state index in [0.29, 0.717) is 17.7 Å². The van der Waals surface area contributed by atoms with E-state index in [-0.39, 0.29) is 31.6 Å². The summed E-state index contributed by atoms with van der Waals surface area (Å²) < 4.78 is 10.8. The highest BCUT2D eigenvalue weighted by atomic mass is 16.5. The van der Waals surface area contributed by atoms with E-state index in [9.17, 15) is 19.2 Å². The van der Waals surface area contributed by atoms with Crippen LogP contribution in [-0.4, -0.2) is 55.2 Å². The number of ether oxygens (including phenoxy) is 2. The first-order valence-electron chi connectivity index (χ1n) is 14.9. The fraction of sp³-hybridized carbons (Fsp3) is 0.677. The van der Waals surface area contributed by atoms with Gasteiger partial charge in [0.05, 0.1) is 13.5 Å². The van der Waals surface area contributed by atoms with Gasteiger partial charge in [-0.05, 0) is 49.9 Å². The normalized spacial score (nSPS) is 12.3. The summed E-state index contributed by atoms with van der Waals surface area (Å²) in [6.45, 7) is 2.23. The van der Waals surface area contributed by atoms with Gasteiger partial charge in [0.1, 0.15) is 17.9 Å². The third-order valence-electron chi connectivity index (χ3n) is 6.93. The molecule has 0 aromatic heterocycles. The van der Waals surface area contributed by atoms with Crippen molar-refractivity contribution >= 4 is 23.8 Å². The Balaban J connectivity index is 2.65. The number of benzene rings is 1. The number of nitrogens with one attached hydrogen (secondary N) is 2. The van der Waals surface area contributed by atoms with Crippen LogP contribution < -0.4 is 15.4 Å². The zero-order chi connectivity index (χ0) is 29.6. The van der Waals surface area contributed by atoms with Crippen molar-refractivity contribution in [3.8, 4) is 5.75 Å². The molecule has 0 saturated heterocycles. The van der Waals surface area contributed by atoms with E-state index in [1.807, 2.05) is 0 Å². The molecule has 9 nitrogen and oxygen atoms in total. The number of unbranched alkanes of at least 4 members (excludes halogenated alkanes) is 10. The van der Waals surface area contributed by atoms with Crippen LogP contribution in [0.4, 0.5) is 0 Å². The highest BCUT2D eigenvalue weighted by molar-refractivity contribution is 5.97. The van der Waals surface area contributed by atoms with E-state index in [1.54, 1.807) is 24.3 Å². The van der Waals surface area contributed by atoms with Crippen LogP contribution in [-0.2, 0) is 19.1 Å². The second kappa shape index (κ2) is 21.7. The van der Waals surface area contributed by atoms with Gasteiger partial charge in [-0.3, -0.25) is 14.4 Å². The minimum atomic E-state index is -1.03. The number of carbonyl (C=O) groups excluding carboxylic acids is 3. The lowest BCUT2D eigenvalue weighted by Gasteiger charge is -2.22. The first-order valence-corrected chi connectivity index (χ1v) is 14.9. The van der Waals surface area contributed by atoms with Gasteiger partial charge in [-0.15, -0.1) is 0 Å². The summed E-state index contributed by atoms with van der Waals surface area (Å²) in [6.07, 6.45) is 13.3. The minimum absolute atomic E-state index is 0.0360. The lowest BCUT2D eigenvalue weighted by atomic mass is 10.0. The van der Waals surface area contributed by atoms with Gasteiger partial charge in [0.2, 0.25) is 5.91 Å². The van der Waals surface area contributed by atoms with Crippen molar-refractivity contribution in [1.82, 2.24) is 10.6 Å². The summed E-state index contributed by atoms with van der Waals surface area (Å²) >= 11 is 0. The van der Waals surface area contributed by atoms with E-state index in [2.05, 4.69) is 17.6 Å². The fourth-order valence-corrected chi connectivity index (χ4v) is 4.48. The molecule has 226 valence electrons. The van der Waals surface area contributed by atoms with Crippen LogP contribution in [0, 0.1) is 0 Å². The first-order chi connectivity index (χ1) is 19.3. The number of hydrogen-bond donors (Lipinski definition) is 3. The van der Waals surface area contributed by atoms with Crippen molar-refractivity contribution in [1.29, 1.82) is 0 Å². The van der Waals surface area contributed by atoms with Gasteiger partial charge in [-0.1, -0.05) is 71.1 Å². The molecule has 1 aromatic rings. The average Bonchev–Trinajstić information content (AvgIpc) is 2.94. The molecule has 0 aliphatic rings. The van der Waals surface area contributed by atoms with Gasteiger partial charge in [0, 0.05) is 19.0 Å². The second-order valence-corrected chi connectivity index (χ2v) is 10.3. The van der Waals surface area contributed by atoms with E-state index in [0.717, 1.165) is 19.3 Å². The molecule has 2 atom stereocenters. The van der Waals surface area contributed by atoms with Crippen LogP contribution in [0.2, 0.25) is 0 Å². The molecule has 0 bridgehead atoms. The molecule has 1 aromatic carbocycles. The molecule has 0 unspecified atom stereocenters. The van der Waals surface area contributed by atoms with Crippen LogP contribution in [0.5, 0.6) is 5.75 Å². The average molecular weight is 563 g/mol. The lowest BCUT2D eigenvalue weighted by Crippen LogP contribution is -2.43. The van der Waals surface area contributed by atoms with E-state index in [1.165, 1.54) is 65.5 Å². The number of aliphatic carboxylic acids is 1. The maximum Gasteiger partial charge on any atom is 0.328 e.